The van der Waals surface area contributed by atoms with Crippen molar-refractivity contribution in [1.29, 1.82) is 0 Å². The van der Waals surface area contributed by atoms with Crippen molar-refractivity contribution in [3.8, 4) is 0 Å². The summed E-state index contributed by atoms with van der Waals surface area (Å²) in [4.78, 5) is 10.5. The average molecular weight is 306 g/mol. The minimum atomic E-state index is -3.66. The second kappa shape index (κ2) is 6.74. The van der Waals surface area contributed by atoms with Crippen LogP contribution in [-0.2, 0) is 14.8 Å². The van der Waals surface area contributed by atoms with Crippen molar-refractivity contribution < 1.29 is 13.2 Å². The van der Waals surface area contributed by atoms with E-state index in [4.69, 9.17) is 23.1 Å². The van der Waals surface area contributed by atoms with Gasteiger partial charge in [0.2, 0.25) is 15.9 Å². The van der Waals surface area contributed by atoms with Crippen LogP contribution in [-0.4, -0.2) is 20.9 Å². The summed E-state index contributed by atoms with van der Waals surface area (Å²) in [5.74, 6) is -0.399. The highest BCUT2D eigenvalue weighted by Crippen LogP contribution is 2.23. The lowest BCUT2D eigenvalue weighted by molar-refractivity contribution is -0.118. The van der Waals surface area contributed by atoms with Gasteiger partial charge in [0.15, 0.2) is 0 Å². The van der Waals surface area contributed by atoms with Crippen LogP contribution in [0.25, 0.3) is 0 Å². The molecule has 1 rings (SSSR count). The molecule has 0 spiro atoms. The van der Waals surface area contributed by atoms with Gasteiger partial charge in [-0.05, 0) is 31.0 Å². The van der Waals surface area contributed by atoms with Crippen LogP contribution in [0.2, 0.25) is 5.02 Å². The highest BCUT2D eigenvalue weighted by molar-refractivity contribution is 7.89. The van der Waals surface area contributed by atoms with Gasteiger partial charge in [0.25, 0.3) is 0 Å². The molecule has 0 saturated carbocycles. The number of hydrogen-bond donors (Lipinski definition) is 3. The third-order valence-electron chi connectivity index (χ3n) is 2.39. The van der Waals surface area contributed by atoms with Crippen LogP contribution < -0.4 is 16.2 Å². The van der Waals surface area contributed by atoms with Gasteiger partial charge in [-0.15, -0.1) is 0 Å². The molecule has 0 fully saturated rings. The molecule has 0 radical (unpaired) electrons. The van der Waals surface area contributed by atoms with E-state index < -0.39 is 15.9 Å². The summed E-state index contributed by atoms with van der Waals surface area (Å²) in [7, 11) is -3.66. The van der Waals surface area contributed by atoms with E-state index in [2.05, 4.69) is 4.72 Å². The standard InChI is InChI=1S/C11H16ClN3O3S/c12-9-7-8(13)4-5-10(9)19(17,18)15-6-2-1-3-11(14)16/h4-5,7,15H,1-3,6,13H2,(H2,14,16). The molecular formula is C11H16ClN3O3S. The zero-order valence-electron chi connectivity index (χ0n) is 10.2. The van der Waals surface area contributed by atoms with E-state index in [1.54, 1.807) is 0 Å². The van der Waals surface area contributed by atoms with Crippen LogP contribution in [0.3, 0.4) is 0 Å². The van der Waals surface area contributed by atoms with Gasteiger partial charge in [0.1, 0.15) is 4.90 Å². The second-order valence-corrected chi connectivity index (χ2v) is 6.15. The number of nitrogens with two attached hydrogens (primary N) is 2. The Morgan fingerprint density at radius 1 is 1.32 bits per heavy atom. The molecule has 6 nitrogen and oxygen atoms in total. The molecule has 0 aliphatic heterocycles. The van der Waals surface area contributed by atoms with Gasteiger partial charge in [-0.2, -0.15) is 0 Å². The van der Waals surface area contributed by atoms with Crippen LogP contribution in [0.15, 0.2) is 23.1 Å². The van der Waals surface area contributed by atoms with Crippen LogP contribution in [0, 0.1) is 0 Å². The molecule has 0 aliphatic rings. The molecule has 106 valence electrons. The predicted octanol–water partition coefficient (Wildman–Crippen LogP) is 0.856. The summed E-state index contributed by atoms with van der Waals surface area (Å²) in [6.07, 6.45) is 1.30. The van der Waals surface area contributed by atoms with Crippen molar-refractivity contribution in [1.82, 2.24) is 4.72 Å². The molecule has 1 aromatic carbocycles. The lowest BCUT2D eigenvalue weighted by Crippen LogP contribution is -2.25. The Kier molecular flexibility index (Phi) is 5.59. The molecule has 0 aliphatic carbocycles. The van der Waals surface area contributed by atoms with Gasteiger partial charge in [0, 0.05) is 18.7 Å². The maximum Gasteiger partial charge on any atom is 0.242 e. The van der Waals surface area contributed by atoms with Crippen molar-refractivity contribution >= 4 is 33.2 Å². The smallest absolute Gasteiger partial charge is 0.242 e. The third-order valence-corrected chi connectivity index (χ3v) is 4.33. The highest BCUT2D eigenvalue weighted by Gasteiger charge is 2.17. The molecule has 0 heterocycles. The van der Waals surface area contributed by atoms with Gasteiger partial charge in [0.05, 0.1) is 5.02 Å². The predicted molar refractivity (Wildman–Crippen MR) is 74.1 cm³/mol. The quantitative estimate of drug-likeness (QED) is 0.511. The minimum absolute atomic E-state index is 0.0155. The van der Waals surface area contributed by atoms with Crippen LogP contribution in [0.4, 0.5) is 5.69 Å². The maximum absolute atomic E-state index is 11.9. The second-order valence-electron chi connectivity index (χ2n) is 4.01. The summed E-state index contributed by atoms with van der Waals surface area (Å²) in [5, 5.41) is 0.0737. The zero-order valence-corrected chi connectivity index (χ0v) is 11.8. The Morgan fingerprint density at radius 2 is 2.00 bits per heavy atom. The molecule has 0 unspecified atom stereocenters. The number of nitrogen functional groups attached to an aromatic ring is 1. The van der Waals surface area contributed by atoms with E-state index in [0.29, 0.717) is 18.5 Å². The molecule has 0 bridgehead atoms. The SMILES string of the molecule is NC(=O)CCCCNS(=O)(=O)c1ccc(N)cc1Cl. The first kappa shape index (κ1) is 15.7. The number of amides is 1. The third kappa shape index (κ3) is 5.06. The molecule has 1 aromatic rings. The lowest BCUT2D eigenvalue weighted by Gasteiger charge is -2.08. The summed E-state index contributed by atoms with van der Waals surface area (Å²) in [5.41, 5.74) is 10.9. The summed E-state index contributed by atoms with van der Waals surface area (Å²) >= 11 is 5.84. The largest absolute Gasteiger partial charge is 0.399 e. The minimum Gasteiger partial charge on any atom is -0.399 e. The van der Waals surface area contributed by atoms with Gasteiger partial charge < -0.3 is 11.5 Å². The lowest BCUT2D eigenvalue weighted by atomic mass is 10.2. The summed E-state index contributed by atoms with van der Waals surface area (Å²) in [6.45, 7) is 0.219. The molecule has 8 heteroatoms. The van der Waals surface area contributed by atoms with Gasteiger partial charge in [-0.3, -0.25) is 4.79 Å². The number of carbonyl (C=O) groups excluding carboxylic acids is 1. The number of nitrogens with one attached hydrogen (secondary N) is 1. The van der Waals surface area contributed by atoms with E-state index in [1.807, 2.05) is 0 Å². The molecule has 0 aromatic heterocycles. The van der Waals surface area contributed by atoms with Crippen molar-refractivity contribution in [2.45, 2.75) is 24.2 Å². The Bertz CT molecular complexity index is 560. The van der Waals surface area contributed by atoms with Crippen LogP contribution >= 0.6 is 11.6 Å². The maximum atomic E-state index is 11.9. The van der Waals surface area contributed by atoms with E-state index >= 15 is 0 Å². The first-order chi connectivity index (χ1) is 8.83. The number of primary amides is 1. The van der Waals surface area contributed by atoms with E-state index in [0.717, 1.165) is 0 Å². The van der Waals surface area contributed by atoms with Gasteiger partial charge in [-0.25, -0.2) is 13.1 Å². The first-order valence-electron chi connectivity index (χ1n) is 5.66. The molecular weight excluding hydrogens is 290 g/mol. The molecule has 0 saturated heterocycles. The van der Waals surface area contributed by atoms with Gasteiger partial charge in [-0.1, -0.05) is 11.6 Å². The molecule has 1 amide bonds. The first-order valence-corrected chi connectivity index (χ1v) is 7.52. The number of anilines is 1. The summed E-state index contributed by atoms with van der Waals surface area (Å²) < 4.78 is 26.3. The van der Waals surface area contributed by atoms with E-state index in [-0.39, 0.29) is 22.9 Å². The Balaban J connectivity index is 2.59. The van der Waals surface area contributed by atoms with Crippen molar-refractivity contribution in [2.75, 3.05) is 12.3 Å². The number of sulfonamides is 1. The molecule has 0 atom stereocenters. The normalized spacial score (nSPS) is 11.4. The Labute approximate surface area is 117 Å². The number of hydrogen-bond acceptors (Lipinski definition) is 4. The Hall–Kier alpha value is -1.31. The number of carbonyl (C=O) groups is 1. The van der Waals surface area contributed by atoms with E-state index in [1.165, 1.54) is 18.2 Å². The number of halogens is 1. The van der Waals surface area contributed by atoms with Crippen molar-refractivity contribution in [3.63, 3.8) is 0 Å². The highest BCUT2D eigenvalue weighted by atomic mass is 35.5. The fourth-order valence-electron chi connectivity index (χ4n) is 1.44. The monoisotopic (exact) mass is 305 g/mol. The average Bonchev–Trinajstić information content (AvgIpc) is 2.27. The number of benzene rings is 1. The zero-order chi connectivity index (χ0) is 14.5. The van der Waals surface area contributed by atoms with Crippen molar-refractivity contribution in [3.05, 3.63) is 23.2 Å². The summed E-state index contributed by atoms with van der Waals surface area (Å²) in [6, 6.07) is 4.19. The molecule has 5 N–H and O–H groups in total. The van der Waals surface area contributed by atoms with Crippen LogP contribution in [0.5, 0.6) is 0 Å². The fourth-order valence-corrected chi connectivity index (χ4v) is 3.07. The molecule has 19 heavy (non-hydrogen) atoms. The topological polar surface area (TPSA) is 115 Å². The van der Waals surface area contributed by atoms with Crippen molar-refractivity contribution in [2.24, 2.45) is 5.73 Å². The van der Waals surface area contributed by atoms with Crippen LogP contribution in [0.1, 0.15) is 19.3 Å². The number of unbranched alkanes of at least 4 members (excludes halogenated alkanes) is 1. The van der Waals surface area contributed by atoms with Gasteiger partial charge >= 0.3 is 0 Å². The van der Waals surface area contributed by atoms with E-state index in [9.17, 15) is 13.2 Å². The number of rotatable bonds is 7. The Morgan fingerprint density at radius 3 is 2.58 bits per heavy atom. The fraction of sp³-hybridized carbons (Fsp3) is 0.364.